The minimum atomic E-state index is -0.122. The molecule has 1 unspecified atom stereocenters. The molecule has 1 atom stereocenters. The molecule has 1 saturated carbocycles. The van der Waals surface area contributed by atoms with E-state index in [4.69, 9.17) is 0 Å². The molecule has 1 fully saturated rings. The van der Waals surface area contributed by atoms with Gasteiger partial charge in [0.05, 0.1) is 6.04 Å². The van der Waals surface area contributed by atoms with Gasteiger partial charge in [-0.2, -0.15) is 0 Å². The van der Waals surface area contributed by atoms with Crippen LogP contribution in [0.25, 0.3) is 0 Å². The molecule has 2 aromatic rings. The van der Waals surface area contributed by atoms with Gasteiger partial charge in [0.15, 0.2) is 0 Å². The lowest BCUT2D eigenvalue weighted by atomic mass is 9.94. The summed E-state index contributed by atoms with van der Waals surface area (Å²) in [5.41, 5.74) is 4.59. The Morgan fingerprint density at radius 2 is 1.62 bits per heavy atom. The number of hydrogen-bond donors (Lipinski definition) is 2. The summed E-state index contributed by atoms with van der Waals surface area (Å²) in [6, 6.07) is 16.7. The Bertz CT molecular complexity index is 702. The van der Waals surface area contributed by atoms with Crippen LogP contribution in [0.3, 0.4) is 0 Å². The molecular weight excluding hydrogens is 296 g/mol. The monoisotopic (exact) mass is 322 g/mol. The molecule has 126 valence electrons. The van der Waals surface area contributed by atoms with Gasteiger partial charge in [0, 0.05) is 24.2 Å². The first-order chi connectivity index (χ1) is 11.6. The van der Waals surface area contributed by atoms with Crippen LogP contribution in [0.15, 0.2) is 48.5 Å². The fourth-order valence-corrected chi connectivity index (χ4v) is 3.00. The zero-order valence-corrected chi connectivity index (χ0v) is 14.7. The number of carbonyl (C=O) groups excluding carboxylic acids is 1. The molecule has 0 bridgehead atoms. The zero-order chi connectivity index (χ0) is 17.1. The second-order valence-corrected chi connectivity index (χ2v) is 6.87. The Labute approximate surface area is 144 Å². The van der Waals surface area contributed by atoms with Gasteiger partial charge in [0.2, 0.25) is 5.91 Å². The van der Waals surface area contributed by atoms with Crippen molar-refractivity contribution < 1.29 is 4.79 Å². The number of amides is 1. The highest BCUT2D eigenvalue weighted by Gasteiger charge is 2.32. The first-order valence-electron chi connectivity index (χ1n) is 8.77. The standard InChI is InChI=1S/C21H26N2O/c1-14(2)15-8-10-16(11-9-15)20(23-21(24)17-12-13-17)18-6-4-5-7-19(18)22-3/h4-11,14,17,20,22H,12-13H2,1-3H3,(H,23,24). The Hall–Kier alpha value is -2.29. The molecule has 1 aliphatic carbocycles. The SMILES string of the molecule is CNc1ccccc1C(NC(=O)C1CC1)c1ccc(C(C)C)cc1. The molecule has 2 N–H and O–H groups in total. The molecule has 2 aromatic carbocycles. The van der Waals surface area contributed by atoms with Crippen molar-refractivity contribution >= 4 is 11.6 Å². The number of rotatable bonds is 6. The molecule has 3 heteroatoms. The van der Waals surface area contributed by atoms with E-state index < -0.39 is 0 Å². The number of benzene rings is 2. The van der Waals surface area contributed by atoms with E-state index in [0.29, 0.717) is 5.92 Å². The summed E-state index contributed by atoms with van der Waals surface area (Å²) in [7, 11) is 1.92. The quantitative estimate of drug-likeness (QED) is 0.824. The Morgan fingerprint density at radius 3 is 2.21 bits per heavy atom. The molecule has 3 rings (SSSR count). The summed E-state index contributed by atoms with van der Waals surface area (Å²) in [5.74, 6) is 0.867. The summed E-state index contributed by atoms with van der Waals surface area (Å²) in [4.78, 5) is 12.4. The summed E-state index contributed by atoms with van der Waals surface area (Å²) >= 11 is 0. The number of carbonyl (C=O) groups is 1. The van der Waals surface area contributed by atoms with Crippen molar-refractivity contribution in [2.45, 2.75) is 38.6 Å². The van der Waals surface area contributed by atoms with E-state index in [2.05, 4.69) is 54.8 Å². The highest BCUT2D eigenvalue weighted by Crippen LogP contribution is 2.33. The second kappa shape index (κ2) is 7.08. The van der Waals surface area contributed by atoms with Crippen molar-refractivity contribution in [1.82, 2.24) is 5.32 Å². The third kappa shape index (κ3) is 3.61. The third-order valence-corrected chi connectivity index (χ3v) is 4.71. The van der Waals surface area contributed by atoms with E-state index in [-0.39, 0.29) is 17.9 Å². The first kappa shape index (κ1) is 16.6. The molecule has 24 heavy (non-hydrogen) atoms. The van der Waals surface area contributed by atoms with Crippen LogP contribution >= 0.6 is 0 Å². The summed E-state index contributed by atoms with van der Waals surface area (Å²) in [6.45, 7) is 4.38. The van der Waals surface area contributed by atoms with E-state index in [1.807, 2.05) is 25.2 Å². The van der Waals surface area contributed by atoms with Gasteiger partial charge < -0.3 is 10.6 Å². The minimum Gasteiger partial charge on any atom is -0.388 e. The smallest absolute Gasteiger partial charge is 0.223 e. The maximum absolute atomic E-state index is 12.4. The van der Waals surface area contributed by atoms with Gasteiger partial charge >= 0.3 is 0 Å². The van der Waals surface area contributed by atoms with Crippen LogP contribution in [0.4, 0.5) is 5.69 Å². The van der Waals surface area contributed by atoms with E-state index in [0.717, 1.165) is 29.7 Å². The first-order valence-corrected chi connectivity index (χ1v) is 8.77. The molecule has 0 saturated heterocycles. The average molecular weight is 322 g/mol. The third-order valence-electron chi connectivity index (χ3n) is 4.71. The fourth-order valence-electron chi connectivity index (χ4n) is 3.00. The zero-order valence-electron chi connectivity index (χ0n) is 14.7. The summed E-state index contributed by atoms with van der Waals surface area (Å²) in [5, 5.41) is 6.50. The van der Waals surface area contributed by atoms with Gasteiger partial charge in [-0.05, 0) is 36.0 Å². The van der Waals surface area contributed by atoms with Crippen LogP contribution in [0.5, 0.6) is 0 Å². The van der Waals surface area contributed by atoms with E-state index >= 15 is 0 Å². The lowest BCUT2D eigenvalue weighted by molar-refractivity contribution is -0.122. The predicted molar refractivity (Wildman–Crippen MR) is 99.2 cm³/mol. The highest BCUT2D eigenvalue weighted by atomic mass is 16.2. The van der Waals surface area contributed by atoms with Gasteiger partial charge in [0.1, 0.15) is 0 Å². The topological polar surface area (TPSA) is 41.1 Å². The van der Waals surface area contributed by atoms with Gasteiger partial charge in [-0.1, -0.05) is 56.3 Å². The van der Waals surface area contributed by atoms with Gasteiger partial charge in [-0.25, -0.2) is 0 Å². The largest absolute Gasteiger partial charge is 0.388 e. The van der Waals surface area contributed by atoms with E-state index in [1.165, 1.54) is 5.56 Å². The maximum atomic E-state index is 12.4. The lowest BCUT2D eigenvalue weighted by Gasteiger charge is -2.23. The molecule has 0 heterocycles. The molecular formula is C21H26N2O. The predicted octanol–water partition coefficient (Wildman–Crippen LogP) is 4.47. The summed E-state index contributed by atoms with van der Waals surface area (Å²) < 4.78 is 0. The number of nitrogens with one attached hydrogen (secondary N) is 2. The number of hydrogen-bond acceptors (Lipinski definition) is 2. The van der Waals surface area contributed by atoms with Crippen molar-refractivity contribution in [1.29, 1.82) is 0 Å². The van der Waals surface area contributed by atoms with Crippen molar-refractivity contribution in [2.24, 2.45) is 5.92 Å². The van der Waals surface area contributed by atoms with E-state index in [1.54, 1.807) is 0 Å². The maximum Gasteiger partial charge on any atom is 0.223 e. The Morgan fingerprint density at radius 1 is 1.00 bits per heavy atom. The van der Waals surface area contributed by atoms with Crippen LogP contribution in [0.2, 0.25) is 0 Å². The molecule has 0 aliphatic heterocycles. The second-order valence-electron chi connectivity index (χ2n) is 6.87. The average Bonchev–Trinajstić information content (AvgIpc) is 3.45. The number of anilines is 1. The van der Waals surface area contributed by atoms with E-state index in [9.17, 15) is 4.79 Å². The normalized spacial score (nSPS) is 15.2. The minimum absolute atomic E-state index is 0.122. The van der Waals surface area contributed by atoms with Crippen LogP contribution in [0.1, 0.15) is 55.3 Å². The lowest BCUT2D eigenvalue weighted by Crippen LogP contribution is -2.31. The van der Waals surface area contributed by atoms with Crippen molar-refractivity contribution in [3.63, 3.8) is 0 Å². The Kier molecular flexibility index (Phi) is 4.89. The highest BCUT2D eigenvalue weighted by molar-refractivity contribution is 5.82. The summed E-state index contributed by atoms with van der Waals surface area (Å²) in [6.07, 6.45) is 2.02. The van der Waals surface area contributed by atoms with Crippen molar-refractivity contribution in [3.05, 3.63) is 65.2 Å². The molecule has 1 amide bonds. The van der Waals surface area contributed by atoms with Crippen LogP contribution < -0.4 is 10.6 Å². The molecule has 0 spiro atoms. The van der Waals surface area contributed by atoms with Gasteiger partial charge in [-0.15, -0.1) is 0 Å². The van der Waals surface area contributed by atoms with Crippen LogP contribution in [-0.4, -0.2) is 13.0 Å². The number of para-hydroxylation sites is 1. The fraction of sp³-hybridized carbons (Fsp3) is 0.381. The molecule has 1 aliphatic rings. The Balaban J connectivity index is 1.96. The van der Waals surface area contributed by atoms with Crippen LogP contribution in [-0.2, 0) is 4.79 Å². The van der Waals surface area contributed by atoms with Gasteiger partial charge in [0.25, 0.3) is 0 Å². The van der Waals surface area contributed by atoms with Crippen molar-refractivity contribution in [2.75, 3.05) is 12.4 Å². The van der Waals surface area contributed by atoms with Gasteiger partial charge in [-0.3, -0.25) is 4.79 Å². The van der Waals surface area contributed by atoms with Crippen LogP contribution in [0, 0.1) is 5.92 Å². The molecule has 0 aromatic heterocycles. The molecule has 3 nitrogen and oxygen atoms in total. The van der Waals surface area contributed by atoms with Crippen molar-refractivity contribution in [3.8, 4) is 0 Å². The molecule has 0 radical (unpaired) electrons.